The zero-order valence-electron chi connectivity index (χ0n) is 14.4. The molecule has 0 aliphatic carbocycles. The summed E-state index contributed by atoms with van der Waals surface area (Å²) in [6.07, 6.45) is 7.11. The van der Waals surface area contributed by atoms with E-state index in [1.54, 1.807) is 28.8 Å². The first kappa shape index (κ1) is 16.9. The number of nitrogens with zero attached hydrogens (tertiary/aromatic N) is 4. The zero-order valence-corrected chi connectivity index (χ0v) is 14.4. The first-order chi connectivity index (χ1) is 13.3. The number of carbonyl (C=O) groups excluding carboxylic acids is 1. The van der Waals surface area contributed by atoms with Crippen LogP contribution in [0.25, 0.3) is 22.0 Å². The van der Waals surface area contributed by atoms with E-state index in [4.69, 9.17) is 0 Å². The second-order valence-corrected chi connectivity index (χ2v) is 6.17. The maximum atomic E-state index is 12.3. The van der Waals surface area contributed by atoms with Crippen molar-refractivity contribution >= 4 is 16.8 Å². The molecule has 1 amide bonds. The molecular weight excluding hydrogens is 342 g/mol. The van der Waals surface area contributed by atoms with E-state index in [0.717, 1.165) is 27.6 Å². The first-order valence-corrected chi connectivity index (χ1v) is 8.47. The summed E-state index contributed by atoms with van der Waals surface area (Å²) < 4.78 is 1.64. The van der Waals surface area contributed by atoms with E-state index < -0.39 is 11.9 Å². The molecule has 7 nitrogen and oxygen atoms in total. The molecule has 0 saturated carbocycles. The summed E-state index contributed by atoms with van der Waals surface area (Å²) in [4.78, 5) is 20.4. The molecule has 2 aromatic carbocycles. The summed E-state index contributed by atoms with van der Waals surface area (Å²) in [5, 5.41) is 14.5. The molecule has 2 aromatic heterocycles. The van der Waals surface area contributed by atoms with Crippen LogP contribution in [0.4, 0.5) is 0 Å². The molecule has 2 N–H and O–H groups in total. The van der Waals surface area contributed by atoms with Crippen LogP contribution in [0.1, 0.15) is 11.6 Å². The molecule has 134 valence electrons. The van der Waals surface area contributed by atoms with Crippen molar-refractivity contribution in [3.8, 4) is 11.1 Å². The lowest BCUT2D eigenvalue weighted by molar-refractivity contribution is -0.132. The molecule has 1 atom stereocenters. The number of benzene rings is 2. The van der Waals surface area contributed by atoms with E-state index in [9.17, 15) is 10.0 Å². The Bertz CT molecular complexity index is 1060. The highest BCUT2D eigenvalue weighted by Gasteiger charge is 2.23. The number of fused-ring (bicyclic) bond motifs is 1. The third-order valence-electron chi connectivity index (χ3n) is 4.47. The van der Waals surface area contributed by atoms with Gasteiger partial charge in [0.25, 0.3) is 5.91 Å². The topological polar surface area (TPSA) is 92.9 Å². The van der Waals surface area contributed by atoms with Crippen molar-refractivity contribution in [2.75, 3.05) is 0 Å². The van der Waals surface area contributed by atoms with Crippen LogP contribution < -0.4 is 5.48 Å². The number of hydrogen-bond acceptors (Lipinski definition) is 5. The predicted octanol–water partition coefficient (Wildman–Crippen LogP) is 2.78. The Morgan fingerprint density at radius 2 is 1.81 bits per heavy atom. The Morgan fingerprint density at radius 1 is 1.04 bits per heavy atom. The number of carbonyl (C=O) groups is 1. The fraction of sp³-hybridized carbons (Fsp3) is 0.100. The lowest BCUT2D eigenvalue weighted by Gasteiger charge is -2.17. The molecular formula is C20H17N5O2. The molecule has 0 bridgehead atoms. The van der Waals surface area contributed by atoms with E-state index in [1.807, 2.05) is 48.5 Å². The van der Waals surface area contributed by atoms with Gasteiger partial charge in [-0.2, -0.15) is 5.10 Å². The number of aromatic nitrogens is 4. The van der Waals surface area contributed by atoms with Gasteiger partial charge in [0, 0.05) is 29.8 Å². The molecule has 1 unspecified atom stereocenters. The highest BCUT2D eigenvalue weighted by molar-refractivity contribution is 5.87. The monoisotopic (exact) mass is 359 g/mol. The number of hydroxylamine groups is 1. The van der Waals surface area contributed by atoms with Crippen LogP contribution in [0.2, 0.25) is 0 Å². The molecule has 2 heterocycles. The molecule has 0 aliphatic heterocycles. The van der Waals surface area contributed by atoms with Gasteiger partial charge >= 0.3 is 0 Å². The molecule has 0 radical (unpaired) electrons. The standard InChI is InChI=1S/C20H17N5O2/c26-20(24-27)19(8-14-4-2-1-3-5-14)25-18-7-6-15(9-16(18)12-23-25)17-10-21-13-22-11-17/h1-7,9-13,19,27H,8H2,(H,24,26). The molecule has 0 aliphatic rings. The van der Waals surface area contributed by atoms with Crippen LogP contribution in [-0.4, -0.2) is 30.9 Å². The van der Waals surface area contributed by atoms with Gasteiger partial charge in [0.05, 0.1) is 11.7 Å². The second kappa shape index (κ2) is 7.35. The van der Waals surface area contributed by atoms with Gasteiger partial charge in [0.1, 0.15) is 12.4 Å². The summed E-state index contributed by atoms with van der Waals surface area (Å²) in [5.41, 5.74) is 5.41. The van der Waals surface area contributed by atoms with Crippen molar-refractivity contribution in [1.29, 1.82) is 0 Å². The summed E-state index contributed by atoms with van der Waals surface area (Å²) in [6.45, 7) is 0. The fourth-order valence-corrected chi connectivity index (χ4v) is 3.13. The van der Waals surface area contributed by atoms with Gasteiger partial charge in [-0.3, -0.25) is 14.7 Å². The Labute approximate surface area is 155 Å². The predicted molar refractivity (Wildman–Crippen MR) is 99.9 cm³/mol. The lowest BCUT2D eigenvalue weighted by Crippen LogP contribution is -2.32. The van der Waals surface area contributed by atoms with Gasteiger partial charge in [-0.1, -0.05) is 36.4 Å². The third kappa shape index (κ3) is 3.40. The van der Waals surface area contributed by atoms with Crippen molar-refractivity contribution in [3.63, 3.8) is 0 Å². The minimum Gasteiger partial charge on any atom is -0.289 e. The van der Waals surface area contributed by atoms with E-state index in [2.05, 4.69) is 15.1 Å². The van der Waals surface area contributed by atoms with Gasteiger partial charge in [-0.15, -0.1) is 0 Å². The summed E-state index contributed by atoms with van der Waals surface area (Å²) in [7, 11) is 0. The van der Waals surface area contributed by atoms with E-state index in [1.165, 1.54) is 6.33 Å². The summed E-state index contributed by atoms with van der Waals surface area (Å²) in [6, 6.07) is 14.8. The minimum atomic E-state index is -0.666. The van der Waals surface area contributed by atoms with Crippen LogP contribution in [0.15, 0.2) is 73.4 Å². The van der Waals surface area contributed by atoms with Crippen molar-refractivity contribution < 1.29 is 10.0 Å². The molecule has 4 rings (SSSR count). The van der Waals surface area contributed by atoms with Crippen molar-refractivity contribution in [2.45, 2.75) is 12.5 Å². The quantitative estimate of drug-likeness (QED) is 0.422. The number of rotatable bonds is 5. The summed E-state index contributed by atoms with van der Waals surface area (Å²) in [5.74, 6) is -0.510. The molecule has 4 aromatic rings. The Balaban J connectivity index is 1.73. The third-order valence-corrected chi connectivity index (χ3v) is 4.47. The molecule has 27 heavy (non-hydrogen) atoms. The van der Waals surface area contributed by atoms with Crippen LogP contribution in [0, 0.1) is 0 Å². The van der Waals surface area contributed by atoms with Crippen molar-refractivity contribution in [1.82, 2.24) is 25.2 Å². The highest BCUT2D eigenvalue weighted by atomic mass is 16.5. The smallest absolute Gasteiger partial charge is 0.268 e. The van der Waals surface area contributed by atoms with E-state index in [-0.39, 0.29) is 0 Å². The zero-order chi connectivity index (χ0) is 18.6. The first-order valence-electron chi connectivity index (χ1n) is 8.47. The van der Waals surface area contributed by atoms with Gasteiger partial charge < -0.3 is 0 Å². The molecule has 0 fully saturated rings. The van der Waals surface area contributed by atoms with Crippen LogP contribution in [-0.2, 0) is 11.2 Å². The lowest BCUT2D eigenvalue weighted by atomic mass is 10.0. The Kier molecular flexibility index (Phi) is 4.59. The number of amides is 1. The van der Waals surface area contributed by atoms with Gasteiger partial charge in [0.2, 0.25) is 0 Å². The second-order valence-electron chi connectivity index (χ2n) is 6.17. The van der Waals surface area contributed by atoms with E-state index >= 15 is 0 Å². The summed E-state index contributed by atoms with van der Waals surface area (Å²) >= 11 is 0. The van der Waals surface area contributed by atoms with Gasteiger partial charge in [0.15, 0.2) is 0 Å². The van der Waals surface area contributed by atoms with Crippen molar-refractivity contribution in [2.24, 2.45) is 0 Å². The molecule has 0 spiro atoms. The van der Waals surface area contributed by atoms with Gasteiger partial charge in [-0.25, -0.2) is 15.4 Å². The maximum absolute atomic E-state index is 12.3. The van der Waals surface area contributed by atoms with Gasteiger partial charge in [-0.05, 0) is 23.3 Å². The van der Waals surface area contributed by atoms with Crippen LogP contribution in [0.3, 0.4) is 0 Å². The molecule has 7 heteroatoms. The average Bonchev–Trinajstić information content (AvgIpc) is 3.16. The SMILES string of the molecule is O=C(NO)C(Cc1ccccc1)n1ncc2cc(-c3cncnc3)ccc21. The number of hydrogen-bond donors (Lipinski definition) is 2. The normalized spacial score (nSPS) is 12.0. The molecule has 0 saturated heterocycles. The fourth-order valence-electron chi connectivity index (χ4n) is 3.13. The highest BCUT2D eigenvalue weighted by Crippen LogP contribution is 2.26. The average molecular weight is 359 g/mol. The minimum absolute atomic E-state index is 0.415. The van der Waals surface area contributed by atoms with Crippen LogP contribution >= 0.6 is 0 Å². The number of nitrogens with one attached hydrogen (secondary N) is 1. The Hall–Kier alpha value is -3.58. The maximum Gasteiger partial charge on any atom is 0.268 e. The Morgan fingerprint density at radius 3 is 2.56 bits per heavy atom. The van der Waals surface area contributed by atoms with Crippen LogP contribution in [0.5, 0.6) is 0 Å². The van der Waals surface area contributed by atoms with Crippen molar-refractivity contribution in [3.05, 3.63) is 79.0 Å². The van der Waals surface area contributed by atoms with E-state index in [0.29, 0.717) is 6.42 Å². The largest absolute Gasteiger partial charge is 0.289 e.